The lowest BCUT2D eigenvalue weighted by atomic mass is 9.53. The fourth-order valence-corrected chi connectivity index (χ4v) is 6.26. The third-order valence-corrected chi connectivity index (χ3v) is 7.65. The number of carbonyl (C=O) groups is 1. The van der Waals surface area contributed by atoms with Crippen LogP contribution in [-0.2, 0) is 19.0 Å². The number of fused-ring (bicyclic) bond motifs is 3. The van der Waals surface area contributed by atoms with Gasteiger partial charge in [-0.3, -0.25) is 0 Å². The number of methoxy groups -OCH3 is 1. The Bertz CT molecular complexity index is 844. The largest absolute Gasteiger partial charge is 0.497 e. The number of aliphatic hydroxyl groups excluding tert-OH is 1. The summed E-state index contributed by atoms with van der Waals surface area (Å²) in [6.07, 6.45) is -1.53. The van der Waals surface area contributed by atoms with Crippen molar-refractivity contribution < 1.29 is 28.8 Å². The Morgan fingerprint density at radius 2 is 2.07 bits per heavy atom. The van der Waals surface area contributed by atoms with Crippen LogP contribution in [0.2, 0.25) is 0 Å². The molecule has 1 aromatic carbocycles. The molecule has 2 aliphatic carbocycles. The quantitative estimate of drug-likeness (QED) is 0.586. The fourth-order valence-electron chi connectivity index (χ4n) is 6.13. The third-order valence-electron chi connectivity index (χ3n) is 7.30. The van der Waals surface area contributed by atoms with E-state index in [0.717, 1.165) is 22.4 Å². The summed E-state index contributed by atoms with van der Waals surface area (Å²) in [7, 11) is 1.63. The summed E-state index contributed by atoms with van der Waals surface area (Å²) < 4.78 is 23.4. The molecule has 0 radical (unpaired) electrons. The Labute approximate surface area is 173 Å². The van der Waals surface area contributed by atoms with Gasteiger partial charge in [0.15, 0.2) is 6.29 Å². The Hall–Kier alpha value is -1.05. The fraction of sp³-hybridized carbons (Fsp3) is 0.650. The monoisotopic (exact) mass is 428 g/mol. The first kappa shape index (κ1) is 18.9. The van der Waals surface area contributed by atoms with E-state index in [9.17, 15) is 9.90 Å². The highest BCUT2D eigenvalue weighted by atomic mass is 35.5. The van der Waals surface area contributed by atoms with Gasteiger partial charge in [0.1, 0.15) is 12.4 Å². The number of aryl methyl sites for hydroxylation is 1. The summed E-state index contributed by atoms with van der Waals surface area (Å²) in [5, 5.41) is 11.0. The van der Waals surface area contributed by atoms with Gasteiger partial charge in [-0.2, -0.15) is 0 Å². The maximum atomic E-state index is 12.0. The second-order valence-electron chi connectivity index (χ2n) is 8.29. The number of carbonyl (C=O) groups excluding carboxylic acids is 1. The molecule has 5 aliphatic rings. The average Bonchev–Trinajstić information content (AvgIpc) is 3.15. The van der Waals surface area contributed by atoms with Gasteiger partial charge in [0.05, 0.1) is 30.8 Å². The number of halogens is 2. The zero-order valence-corrected chi connectivity index (χ0v) is 17.2. The topological polar surface area (TPSA) is 74.2 Å². The molecule has 6 rings (SSSR count). The number of hydrogen-bond donors (Lipinski definition) is 1. The minimum absolute atomic E-state index is 0.0414. The normalized spacial score (nSPS) is 42.0. The molecule has 3 heterocycles. The number of esters is 1. The molecular weight excluding hydrogens is 407 g/mol. The van der Waals surface area contributed by atoms with Crippen LogP contribution in [0.5, 0.6) is 5.75 Å². The highest BCUT2D eigenvalue weighted by Crippen LogP contribution is 2.72. The first-order valence-corrected chi connectivity index (χ1v) is 10.3. The van der Waals surface area contributed by atoms with E-state index in [1.54, 1.807) is 7.11 Å². The molecule has 152 valence electrons. The van der Waals surface area contributed by atoms with Crippen molar-refractivity contribution in [2.45, 2.75) is 49.2 Å². The zero-order valence-electron chi connectivity index (χ0n) is 15.7. The highest BCUT2D eigenvalue weighted by molar-refractivity contribution is 6.52. The lowest BCUT2D eigenvalue weighted by molar-refractivity contribution is -0.325. The summed E-state index contributed by atoms with van der Waals surface area (Å²) in [6.45, 7) is 4.03. The van der Waals surface area contributed by atoms with E-state index < -0.39 is 22.5 Å². The number of ether oxygens (including phenoxy) is 4. The lowest BCUT2D eigenvalue weighted by Gasteiger charge is -2.59. The second-order valence-corrected chi connectivity index (χ2v) is 9.38. The Kier molecular flexibility index (Phi) is 4.21. The van der Waals surface area contributed by atoms with Crippen molar-refractivity contribution in [1.82, 2.24) is 0 Å². The van der Waals surface area contributed by atoms with Gasteiger partial charge >= 0.3 is 5.97 Å². The molecule has 1 N–H and O–H groups in total. The molecule has 8 atom stereocenters. The highest BCUT2D eigenvalue weighted by Gasteiger charge is 2.75. The summed E-state index contributed by atoms with van der Waals surface area (Å²) in [5.74, 6) is -0.0719. The predicted octanol–water partition coefficient (Wildman–Crippen LogP) is 2.86. The van der Waals surface area contributed by atoms with Crippen LogP contribution in [0.4, 0.5) is 0 Å². The van der Waals surface area contributed by atoms with E-state index in [-0.39, 0.29) is 42.7 Å². The van der Waals surface area contributed by atoms with E-state index in [1.807, 2.05) is 26.0 Å². The van der Waals surface area contributed by atoms with Gasteiger partial charge in [-0.1, -0.05) is 30.1 Å². The number of aliphatic hydroxyl groups is 1. The van der Waals surface area contributed by atoms with Crippen LogP contribution in [0, 0.1) is 24.2 Å². The molecule has 4 fully saturated rings. The van der Waals surface area contributed by atoms with E-state index in [0.29, 0.717) is 0 Å². The van der Waals surface area contributed by atoms with Crippen molar-refractivity contribution in [2.75, 3.05) is 13.7 Å². The molecule has 8 heteroatoms. The zero-order chi connectivity index (χ0) is 20.0. The van der Waals surface area contributed by atoms with E-state index >= 15 is 0 Å². The van der Waals surface area contributed by atoms with Gasteiger partial charge in [0.25, 0.3) is 0 Å². The van der Waals surface area contributed by atoms with Crippen LogP contribution < -0.4 is 4.74 Å². The standard InChI is InChI=1S/C20H22Cl2O6/c1-7-4-9(25-3)5-10-11(7)15-12-13(10)20(6-26-18(23)17(21)22)8(2)14(27-15)16(12)28-19(20)24/h4-5,8,12-17,19,24H,6H2,1-3H3/t8-,12?,13?,14?,15-,16+,19-,20+/m0/s1. The SMILES string of the molecule is COc1cc(C)c2c(c1)C1C3[C@H]4O[C@H](O)[C@]1(COC(=O)C(Cl)Cl)[C@@H](C)C4O[C@@H]23. The molecule has 0 aromatic heterocycles. The van der Waals surface area contributed by atoms with Crippen molar-refractivity contribution in [3.8, 4) is 5.75 Å². The molecule has 0 amide bonds. The van der Waals surface area contributed by atoms with Crippen LogP contribution in [0.25, 0.3) is 0 Å². The van der Waals surface area contributed by atoms with Crippen molar-refractivity contribution in [3.63, 3.8) is 0 Å². The van der Waals surface area contributed by atoms with Crippen LogP contribution in [0.3, 0.4) is 0 Å². The molecule has 4 bridgehead atoms. The smallest absolute Gasteiger partial charge is 0.339 e. The molecule has 3 aliphatic heterocycles. The third kappa shape index (κ3) is 2.18. The van der Waals surface area contributed by atoms with Crippen molar-refractivity contribution >= 4 is 29.2 Å². The van der Waals surface area contributed by atoms with Crippen LogP contribution in [0.1, 0.15) is 35.6 Å². The number of rotatable bonds is 4. The van der Waals surface area contributed by atoms with Gasteiger partial charge in [-0.15, -0.1) is 0 Å². The molecule has 0 spiro atoms. The first-order chi connectivity index (χ1) is 13.3. The van der Waals surface area contributed by atoms with Crippen LogP contribution in [-0.4, -0.2) is 48.1 Å². The molecule has 3 saturated heterocycles. The lowest BCUT2D eigenvalue weighted by Crippen LogP contribution is -2.67. The summed E-state index contributed by atoms with van der Waals surface area (Å²) >= 11 is 11.3. The molecule has 1 saturated carbocycles. The van der Waals surface area contributed by atoms with E-state index in [1.165, 1.54) is 0 Å². The van der Waals surface area contributed by atoms with Crippen molar-refractivity contribution in [3.05, 3.63) is 28.8 Å². The predicted molar refractivity (Wildman–Crippen MR) is 101 cm³/mol. The van der Waals surface area contributed by atoms with Gasteiger partial charge in [-0.05, 0) is 41.7 Å². The Balaban J connectivity index is 1.65. The molecule has 6 nitrogen and oxygen atoms in total. The summed E-state index contributed by atoms with van der Waals surface area (Å²) in [6, 6.07) is 4.01. The average molecular weight is 429 g/mol. The van der Waals surface area contributed by atoms with E-state index in [2.05, 4.69) is 0 Å². The van der Waals surface area contributed by atoms with E-state index in [4.69, 9.17) is 42.1 Å². The maximum absolute atomic E-state index is 12.0. The minimum atomic E-state index is -1.27. The second kappa shape index (κ2) is 6.22. The maximum Gasteiger partial charge on any atom is 0.339 e. The number of alkyl halides is 2. The van der Waals surface area contributed by atoms with Crippen molar-refractivity contribution in [1.29, 1.82) is 0 Å². The van der Waals surface area contributed by atoms with Gasteiger partial charge in [-0.25, -0.2) is 4.79 Å². The Morgan fingerprint density at radius 3 is 2.75 bits per heavy atom. The van der Waals surface area contributed by atoms with Gasteiger partial charge in [0.2, 0.25) is 4.84 Å². The van der Waals surface area contributed by atoms with Crippen LogP contribution >= 0.6 is 23.2 Å². The Morgan fingerprint density at radius 1 is 1.32 bits per heavy atom. The summed E-state index contributed by atoms with van der Waals surface area (Å²) in [5.41, 5.74) is 2.45. The molecule has 3 unspecified atom stereocenters. The van der Waals surface area contributed by atoms with Gasteiger partial charge < -0.3 is 24.1 Å². The minimum Gasteiger partial charge on any atom is -0.497 e. The number of hydrogen-bond acceptors (Lipinski definition) is 6. The van der Waals surface area contributed by atoms with Gasteiger partial charge in [0, 0.05) is 11.8 Å². The first-order valence-electron chi connectivity index (χ1n) is 9.43. The number of benzene rings is 1. The van der Waals surface area contributed by atoms with Crippen molar-refractivity contribution in [2.24, 2.45) is 17.3 Å². The molecule has 1 aromatic rings. The summed E-state index contributed by atoms with van der Waals surface area (Å²) in [4.78, 5) is 10.7. The van der Waals surface area contributed by atoms with Crippen LogP contribution in [0.15, 0.2) is 12.1 Å². The molecular formula is C20H22Cl2O6. The molecule has 28 heavy (non-hydrogen) atoms.